The zero-order chi connectivity index (χ0) is 12.5. The molecular weight excluding hydrogens is 246 g/mol. The minimum absolute atomic E-state index is 0.457. The summed E-state index contributed by atoms with van der Waals surface area (Å²) < 4.78 is 2.18. The molecule has 0 N–H and O–H groups in total. The lowest BCUT2D eigenvalue weighted by molar-refractivity contribution is 0.573. The molecule has 18 heavy (non-hydrogen) atoms. The third kappa shape index (κ3) is 2.37. The first-order chi connectivity index (χ1) is 8.78. The van der Waals surface area contributed by atoms with Crippen LogP contribution in [0, 0.1) is 12.8 Å². The van der Waals surface area contributed by atoms with E-state index in [2.05, 4.69) is 20.6 Å². The fourth-order valence-electron chi connectivity index (χ4n) is 2.44. The zero-order valence-electron chi connectivity index (χ0n) is 10.7. The number of rotatable bonds is 5. The van der Waals surface area contributed by atoms with Gasteiger partial charge in [0.1, 0.15) is 11.3 Å². The molecule has 0 amide bonds. The van der Waals surface area contributed by atoms with E-state index in [0.717, 1.165) is 35.0 Å². The third-order valence-electron chi connectivity index (χ3n) is 3.61. The first-order valence-electron chi connectivity index (χ1n) is 6.65. The van der Waals surface area contributed by atoms with Crippen LogP contribution in [0.15, 0.2) is 12.3 Å². The molecule has 1 aliphatic carbocycles. The minimum Gasteiger partial charge on any atom is -0.312 e. The third-order valence-corrected chi connectivity index (χ3v) is 3.85. The van der Waals surface area contributed by atoms with Gasteiger partial charge in [-0.1, -0.05) is 12.8 Å². The van der Waals surface area contributed by atoms with Crippen molar-refractivity contribution in [1.29, 1.82) is 0 Å². The van der Waals surface area contributed by atoms with Crippen LogP contribution in [0.3, 0.4) is 0 Å². The number of fused-ring (bicyclic) bond motifs is 1. The average molecular weight is 264 g/mol. The van der Waals surface area contributed by atoms with Crippen LogP contribution in [-0.4, -0.2) is 14.5 Å². The molecular formula is C14H18ClN3. The summed E-state index contributed by atoms with van der Waals surface area (Å²) >= 11 is 5.99. The second-order valence-electron chi connectivity index (χ2n) is 5.25. The maximum absolute atomic E-state index is 5.99. The van der Waals surface area contributed by atoms with Crippen LogP contribution in [-0.2, 0) is 12.4 Å². The normalized spacial score (nSPS) is 15.4. The molecule has 0 aromatic carbocycles. The predicted molar refractivity (Wildman–Crippen MR) is 73.8 cm³/mol. The molecule has 4 heteroatoms. The molecule has 2 aromatic heterocycles. The SMILES string of the molecule is Cc1cnc2c(c1)nc(CCl)n2CCCC1CC1. The van der Waals surface area contributed by atoms with Crippen LogP contribution < -0.4 is 0 Å². The molecule has 0 atom stereocenters. The van der Waals surface area contributed by atoms with Gasteiger partial charge < -0.3 is 4.57 Å². The van der Waals surface area contributed by atoms with Crippen molar-refractivity contribution >= 4 is 22.8 Å². The highest BCUT2D eigenvalue weighted by Gasteiger charge is 2.20. The summed E-state index contributed by atoms with van der Waals surface area (Å²) in [6.45, 7) is 3.03. The molecule has 3 rings (SSSR count). The van der Waals surface area contributed by atoms with Crippen LogP contribution >= 0.6 is 11.6 Å². The molecule has 1 saturated carbocycles. The lowest BCUT2D eigenvalue weighted by Gasteiger charge is -2.06. The highest BCUT2D eigenvalue weighted by atomic mass is 35.5. The summed E-state index contributed by atoms with van der Waals surface area (Å²) in [7, 11) is 0. The number of imidazole rings is 1. The molecule has 0 unspecified atom stereocenters. The van der Waals surface area contributed by atoms with Crippen molar-refractivity contribution in [2.75, 3.05) is 0 Å². The zero-order valence-corrected chi connectivity index (χ0v) is 11.5. The highest BCUT2D eigenvalue weighted by Crippen LogP contribution is 2.33. The molecule has 0 saturated heterocycles. The summed E-state index contributed by atoms with van der Waals surface area (Å²) in [4.78, 5) is 9.08. The fraction of sp³-hybridized carbons (Fsp3) is 0.571. The van der Waals surface area contributed by atoms with Gasteiger partial charge in [0.2, 0.25) is 0 Å². The van der Waals surface area contributed by atoms with Gasteiger partial charge in [0.15, 0.2) is 5.65 Å². The van der Waals surface area contributed by atoms with E-state index in [1.807, 2.05) is 13.1 Å². The van der Waals surface area contributed by atoms with Crippen molar-refractivity contribution in [3.05, 3.63) is 23.7 Å². The van der Waals surface area contributed by atoms with Gasteiger partial charge in [0.25, 0.3) is 0 Å². The molecule has 1 aliphatic rings. The van der Waals surface area contributed by atoms with Crippen LogP contribution in [0.1, 0.15) is 37.1 Å². The Kier molecular flexibility index (Phi) is 3.25. The van der Waals surface area contributed by atoms with Crippen LogP contribution in [0.5, 0.6) is 0 Å². The van der Waals surface area contributed by atoms with E-state index in [1.165, 1.54) is 25.7 Å². The maximum atomic E-state index is 5.99. The Morgan fingerprint density at radius 3 is 3.00 bits per heavy atom. The van der Waals surface area contributed by atoms with E-state index in [1.54, 1.807) is 0 Å². The molecule has 0 aliphatic heterocycles. The lowest BCUT2D eigenvalue weighted by atomic mass is 10.2. The van der Waals surface area contributed by atoms with E-state index in [4.69, 9.17) is 11.6 Å². The molecule has 0 bridgehead atoms. The first kappa shape index (κ1) is 12.0. The van der Waals surface area contributed by atoms with Crippen LogP contribution in [0.2, 0.25) is 0 Å². The lowest BCUT2D eigenvalue weighted by Crippen LogP contribution is -2.03. The van der Waals surface area contributed by atoms with Crippen molar-refractivity contribution < 1.29 is 0 Å². The van der Waals surface area contributed by atoms with Gasteiger partial charge in [-0.2, -0.15) is 0 Å². The van der Waals surface area contributed by atoms with Crippen molar-refractivity contribution in [3.8, 4) is 0 Å². The topological polar surface area (TPSA) is 30.7 Å². The second-order valence-corrected chi connectivity index (χ2v) is 5.52. The van der Waals surface area contributed by atoms with Crippen LogP contribution in [0.25, 0.3) is 11.2 Å². The van der Waals surface area contributed by atoms with E-state index in [9.17, 15) is 0 Å². The number of aryl methyl sites for hydroxylation is 2. The molecule has 96 valence electrons. The summed E-state index contributed by atoms with van der Waals surface area (Å²) in [6, 6.07) is 2.08. The first-order valence-corrected chi connectivity index (χ1v) is 7.19. The standard InChI is InChI=1S/C14H18ClN3/c1-10-7-12-14(16-9-10)18(13(8-15)17-12)6-2-3-11-4-5-11/h7,9,11H,2-6,8H2,1H3. The maximum Gasteiger partial charge on any atom is 0.160 e. The quantitative estimate of drug-likeness (QED) is 0.771. The molecule has 2 heterocycles. The van der Waals surface area contributed by atoms with E-state index < -0.39 is 0 Å². The molecule has 3 nitrogen and oxygen atoms in total. The van der Waals surface area contributed by atoms with E-state index >= 15 is 0 Å². The van der Waals surface area contributed by atoms with E-state index in [0.29, 0.717) is 5.88 Å². The largest absolute Gasteiger partial charge is 0.312 e. The summed E-state index contributed by atoms with van der Waals surface area (Å²) in [6.07, 6.45) is 7.28. The van der Waals surface area contributed by atoms with Gasteiger partial charge in [-0.15, -0.1) is 11.6 Å². The number of halogens is 1. The van der Waals surface area contributed by atoms with Gasteiger partial charge in [-0.3, -0.25) is 0 Å². The number of nitrogens with zero attached hydrogens (tertiary/aromatic N) is 3. The number of hydrogen-bond donors (Lipinski definition) is 0. The average Bonchev–Trinajstić information content (AvgIpc) is 3.11. The Morgan fingerprint density at radius 1 is 1.44 bits per heavy atom. The smallest absolute Gasteiger partial charge is 0.160 e. The van der Waals surface area contributed by atoms with Gasteiger partial charge >= 0.3 is 0 Å². The molecule has 2 aromatic rings. The minimum atomic E-state index is 0.457. The van der Waals surface area contributed by atoms with E-state index in [-0.39, 0.29) is 0 Å². The van der Waals surface area contributed by atoms with Crippen molar-refractivity contribution in [3.63, 3.8) is 0 Å². The second kappa shape index (κ2) is 4.88. The molecule has 1 fully saturated rings. The van der Waals surface area contributed by atoms with Crippen molar-refractivity contribution in [2.45, 2.75) is 45.0 Å². The van der Waals surface area contributed by atoms with Gasteiger partial charge in [0, 0.05) is 12.7 Å². The van der Waals surface area contributed by atoms with Crippen LogP contribution in [0.4, 0.5) is 0 Å². The fourth-order valence-corrected chi connectivity index (χ4v) is 2.64. The Labute approximate surface area is 112 Å². The Hall–Kier alpha value is -1.09. The molecule has 0 spiro atoms. The number of aromatic nitrogens is 3. The monoisotopic (exact) mass is 263 g/mol. The van der Waals surface area contributed by atoms with Gasteiger partial charge in [-0.05, 0) is 37.3 Å². The summed E-state index contributed by atoms with van der Waals surface area (Å²) in [5.41, 5.74) is 3.09. The van der Waals surface area contributed by atoms with Crippen molar-refractivity contribution in [1.82, 2.24) is 14.5 Å². The predicted octanol–water partition coefficient (Wildman–Crippen LogP) is 3.67. The van der Waals surface area contributed by atoms with Gasteiger partial charge in [-0.25, -0.2) is 9.97 Å². The number of alkyl halides is 1. The Bertz CT molecular complexity index is 557. The summed E-state index contributed by atoms with van der Waals surface area (Å²) in [5, 5.41) is 0. The number of hydrogen-bond acceptors (Lipinski definition) is 2. The molecule has 0 radical (unpaired) electrons. The van der Waals surface area contributed by atoms with Gasteiger partial charge in [0.05, 0.1) is 5.88 Å². The Morgan fingerprint density at radius 2 is 2.28 bits per heavy atom. The number of pyridine rings is 1. The Balaban J connectivity index is 1.86. The van der Waals surface area contributed by atoms with Crippen molar-refractivity contribution in [2.24, 2.45) is 5.92 Å². The summed E-state index contributed by atoms with van der Waals surface area (Å²) in [5.74, 6) is 2.38. The highest BCUT2D eigenvalue weighted by molar-refractivity contribution is 6.16.